The molecule has 1 amide bonds. The number of amides is 1. The Kier molecular flexibility index (Phi) is 2.09. The van der Waals surface area contributed by atoms with Crippen LogP contribution in [0.1, 0.15) is 10.5 Å². The molecule has 2 aromatic rings. The third-order valence-corrected chi connectivity index (χ3v) is 2.13. The van der Waals surface area contributed by atoms with Crippen molar-refractivity contribution < 1.29 is 9.32 Å². The summed E-state index contributed by atoms with van der Waals surface area (Å²) in [6.07, 6.45) is 1.36. The van der Waals surface area contributed by atoms with Crippen LogP contribution in [0.5, 0.6) is 0 Å². The van der Waals surface area contributed by atoms with Gasteiger partial charge in [0, 0.05) is 11.4 Å². The molecule has 0 aliphatic heterocycles. The van der Waals surface area contributed by atoms with Gasteiger partial charge in [-0.15, -0.1) is 0 Å². The van der Waals surface area contributed by atoms with E-state index >= 15 is 0 Å². The van der Waals surface area contributed by atoms with Gasteiger partial charge in [0.25, 0.3) is 5.91 Å². The highest BCUT2D eigenvalue weighted by atomic mass is 32.1. The van der Waals surface area contributed by atoms with E-state index in [0.29, 0.717) is 0 Å². The lowest BCUT2D eigenvalue weighted by Crippen LogP contribution is -2.11. The smallest absolute Gasteiger partial charge is 0.277 e. The average Bonchev–Trinajstić information content (AvgIpc) is 2.74. The van der Waals surface area contributed by atoms with E-state index in [1.807, 2.05) is 16.8 Å². The SMILES string of the molecule is O=C(Nc1ccsc1)c1ccon1. The summed E-state index contributed by atoms with van der Waals surface area (Å²) in [5, 5.41) is 9.92. The van der Waals surface area contributed by atoms with Crippen LogP contribution in [-0.2, 0) is 0 Å². The lowest BCUT2D eigenvalue weighted by molar-refractivity contribution is 0.101. The fourth-order valence-electron chi connectivity index (χ4n) is 0.860. The van der Waals surface area contributed by atoms with E-state index in [4.69, 9.17) is 0 Å². The molecule has 0 bridgehead atoms. The molecule has 0 aliphatic carbocycles. The van der Waals surface area contributed by atoms with Crippen molar-refractivity contribution in [2.75, 3.05) is 5.32 Å². The standard InChI is InChI=1S/C8H6N2O2S/c11-8(7-1-3-12-10-7)9-6-2-4-13-5-6/h1-5H,(H,9,11). The Morgan fingerprint density at radius 3 is 3.08 bits per heavy atom. The molecule has 2 rings (SSSR count). The molecule has 0 aromatic carbocycles. The molecule has 0 unspecified atom stereocenters. The van der Waals surface area contributed by atoms with Crippen LogP contribution in [0.3, 0.4) is 0 Å². The van der Waals surface area contributed by atoms with Crippen molar-refractivity contribution in [1.82, 2.24) is 5.16 Å². The molecule has 5 heteroatoms. The van der Waals surface area contributed by atoms with Gasteiger partial charge in [0.1, 0.15) is 6.26 Å². The summed E-state index contributed by atoms with van der Waals surface area (Å²) < 4.78 is 4.55. The Labute approximate surface area is 78.2 Å². The molecule has 2 aromatic heterocycles. The molecule has 13 heavy (non-hydrogen) atoms. The van der Waals surface area contributed by atoms with Crippen molar-refractivity contribution in [2.24, 2.45) is 0 Å². The van der Waals surface area contributed by atoms with Crippen molar-refractivity contribution in [2.45, 2.75) is 0 Å². The van der Waals surface area contributed by atoms with E-state index in [9.17, 15) is 4.79 Å². The molecule has 0 spiro atoms. The minimum atomic E-state index is -0.257. The molecule has 0 saturated carbocycles. The zero-order chi connectivity index (χ0) is 9.10. The van der Waals surface area contributed by atoms with E-state index < -0.39 is 0 Å². The fraction of sp³-hybridized carbons (Fsp3) is 0. The van der Waals surface area contributed by atoms with Crippen molar-refractivity contribution in [1.29, 1.82) is 0 Å². The van der Waals surface area contributed by atoms with E-state index in [1.165, 1.54) is 23.7 Å². The predicted octanol–water partition coefficient (Wildman–Crippen LogP) is 1.99. The van der Waals surface area contributed by atoms with Gasteiger partial charge in [0.05, 0.1) is 5.69 Å². The van der Waals surface area contributed by atoms with Crippen LogP contribution in [0.4, 0.5) is 5.69 Å². The predicted molar refractivity (Wildman–Crippen MR) is 48.8 cm³/mol. The van der Waals surface area contributed by atoms with Crippen molar-refractivity contribution in [3.8, 4) is 0 Å². The van der Waals surface area contributed by atoms with Crippen LogP contribution in [0.2, 0.25) is 0 Å². The molecule has 4 nitrogen and oxygen atoms in total. The third-order valence-electron chi connectivity index (χ3n) is 1.45. The summed E-state index contributed by atoms with van der Waals surface area (Å²) in [5.74, 6) is -0.257. The molecule has 0 saturated heterocycles. The summed E-state index contributed by atoms with van der Waals surface area (Å²) in [4.78, 5) is 11.3. The highest BCUT2D eigenvalue weighted by Gasteiger charge is 2.08. The molecular weight excluding hydrogens is 188 g/mol. The quantitative estimate of drug-likeness (QED) is 0.795. The first-order valence-corrected chi connectivity index (χ1v) is 4.54. The molecule has 0 fully saturated rings. The summed E-state index contributed by atoms with van der Waals surface area (Å²) in [6, 6.07) is 3.34. The first-order chi connectivity index (χ1) is 6.36. The second-order valence-corrected chi connectivity index (χ2v) is 3.13. The number of nitrogens with zero attached hydrogens (tertiary/aromatic N) is 1. The maximum absolute atomic E-state index is 11.3. The van der Waals surface area contributed by atoms with Crippen molar-refractivity contribution in [3.63, 3.8) is 0 Å². The molecule has 2 heterocycles. The number of hydrogen-bond acceptors (Lipinski definition) is 4. The van der Waals surface area contributed by atoms with E-state index in [-0.39, 0.29) is 11.6 Å². The highest BCUT2D eigenvalue weighted by Crippen LogP contribution is 2.12. The van der Waals surface area contributed by atoms with E-state index in [0.717, 1.165) is 5.69 Å². The van der Waals surface area contributed by atoms with Crippen LogP contribution in [0.15, 0.2) is 33.7 Å². The second kappa shape index (κ2) is 3.40. The zero-order valence-electron chi connectivity index (χ0n) is 6.56. The monoisotopic (exact) mass is 194 g/mol. The number of rotatable bonds is 2. The van der Waals surface area contributed by atoms with Crippen LogP contribution in [0, 0.1) is 0 Å². The van der Waals surface area contributed by atoms with Gasteiger partial charge in [-0.3, -0.25) is 4.79 Å². The minimum Gasteiger partial charge on any atom is -0.364 e. The molecular formula is C8H6N2O2S. The number of anilines is 1. The molecule has 66 valence electrons. The van der Waals surface area contributed by atoms with Crippen LogP contribution >= 0.6 is 11.3 Å². The Bertz CT molecular complexity index is 380. The van der Waals surface area contributed by atoms with Crippen LogP contribution in [0.25, 0.3) is 0 Å². The van der Waals surface area contributed by atoms with Crippen LogP contribution in [-0.4, -0.2) is 11.1 Å². The molecule has 0 atom stereocenters. The number of carbonyl (C=O) groups excluding carboxylic acids is 1. The summed E-state index contributed by atoms with van der Waals surface area (Å²) in [5.41, 5.74) is 1.06. The van der Waals surface area contributed by atoms with Crippen LogP contribution < -0.4 is 5.32 Å². The largest absolute Gasteiger partial charge is 0.364 e. The number of nitrogens with one attached hydrogen (secondary N) is 1. The molecule has 1 N–H and O–H groups in total. The second-order valence-electron chi connectivity index (χ2n) is 2.35. The van der Waals surface area contributed by atoms with Gasteiger partial charge < -0.3 is 9.84 Å². The summed E-state index contributed by atoms with van der Waals surface area (Å²) in [7, 11) is 0. The van der Waals surface area contributed by atoms with Crippen molar-refractivity contribution >= 4 is 22.9 Å². The van der Waals surface area contributed by atoms with Gasteiger partial charge >= 0.3 is 0 Å². The number of aromatic nitrogens is 1. The van der Waals surface area contributed by atoms with Gasteiger partial charge in [-0.25, -0.2) is 0 Å². The normalized spacial score (nSPS) is 9.85. The van der Waals surface area contributed by atoms with Gasteiger partial charge in [-0.05, 0) is 11.4 Å². The number of thiophene rings is 1. The maximum Gasteiger partial charge on any atom is 0.277 e. The summed E-state index contributed by atoms with van der Waals surface area (Å²) in [6.45, 7) is 0. The Morgan fingerprint density at radius 1 is 1.54 bits per heavy atom. The zero-order valence-corrected chi connectivity index (χ0v) is 7.38. The highest BCUT2D eigenvalue weighted by molar-refractivity contribution is 7.08. The summed E-state index contributed by atoms with van der Waals surface area (Å²) >= 11 is 1.52. The number of hydrogen-bond donors (Lipinski definition) is 1. The maximum atomic E-state index is 11.3. The number of carbonyl (C=O) groups is 1. The Hall–Kier alpha value is -1.62. The first-order valence-electron chi connectivity index (χ1n) is 3.60. The fourth-order valence-corrected chi connectivity index (χ4v) is 1.45. The van der Waals surface area contributed by atoms with Gasteiger partial charge in [-0.2, -0.15) is 11.3 Å². The topological polar surface area (TPSA) is 55.1 Å². The van der Waals surface area contributed by atoms with Gasteiger partial charge in [-0.1, -0.05) is 5.16 Å². The Balaban J connectivity index is 2.08. The molecule has 0 aliphatic rings. The minimum absolute atomic E-state index is 0.257. The van der Waals surface area contributed by atoms with E-state index in [1.54, 1.807) is 0 Å². The Morgan fingerprint density at radius 2 is 2.46 bits per heavy atom. The molecule has 0 radical (unpaired) electrons. The lowest BCUT2D eigenvalue weighted by Gasteiger charge is -1.96. The average molecular weight is 194 g/mol. The lowest BCUT2D eigenvalue weighted by atomic mass is 10.4. The van der Waals surface area contributed by atoms with Crippen molar-refractivity contribution in [3.05, 3.63) is 34.8 Å². The van der Waals surface area contributed by atoms with Gasteiger partial charge in [0.2, 0.25) is 0 Å². The van der Waals surface area contributed by atoms with E-state index in [2.05, 4.69) is 15.0 Å². The third kappa shape index (κ3) is 1.75. The first kappa shape index (κ1) is 8.00. The van der Waals surface area contributed by atoms with Gasteiger partial charge in [0.15, 0.2) is 5.69 Å².